The minimum atomic E-state index is 0.0896. The molecular formula is C11H18N2O. The van der Waals surface area contributed by atoms with Crippen LogP contribution in [0.1, 0.15) is 26.7 Å². The van der Waals surface area contributed by atoms with Crippen LogP contribution in [0.4, 0.5) is 0 Å². The number of allylic oxidation sites excluding steroid dienone is 2. The number of carbonyl (C=O) groups is 1. The van der Waals surface area contributed by atoms with Crippen molar-refractivity contribution in [1.82, 2.24) is 0 Å². The third-order valence-electron chi connectivity index (χ3n) is 2.96. The number of hydrogen-bond acceptors (Lipinski definition) is 3. The molecule has 0 aromatic heterocycles. The van der Waals surface area contributed by atoms with E-state index in [-0.39, 0.29) is 11.7 Å². The molecule has 0 saturated heterocycles. The first-order valence-corrected chi connectivity index (χ1v) is 5.01. The molecule has 1 saturated carbocycles. The summed E-state index contributed by atoms with van der Waals surface area (Å²) in [5.41, 5.74) is 6.84. The molecule has 0 aliphatic heterocycles. The molecule has 3 nitrogen and oxygen atoms in total. The predicted molar refractivity (Wildman–Crippen MR) is 58.2 cm³/mol. The average Bonchev–Trinajstić information content (AvgIpc) is 2.15. The number of nitrogens with two attached hydrogens (primary N) is 1. The Morgan fingerprint density at radius 2 is 2.14 bits per heavy atom. The van der Waals surface area contributed by atoms with Gasteiger partial charge >= 0.3 is 0 Å². The zero-order valence-corrected chi connectivity index (χ0v) is 9.08. The fourth-order valence-electron chi connectivity index (χ4n) is 1.63. The molecule has 1 aliphatic rings. The van der Waals surface area contributed by atoms with Crippen LogP contribution < -0.4 is 5.73 Å². The lowest BCUT2D eigenvalue weighted by molar-refractivity contribution is -0.123. The number of rotatable bonds is 3. The smallest absolute Gasteiger partial charge is 0.181 e. The van der Waals surface area contributed by atoms with Crippen LogP contribution in [0.3, 0.4) is 0 Å². The molecule has 0 heterocycles. The maximum atomic E-state index is 11.7. The van der Waals surface area contributed by atoms with Crippen LogP contribution in [0.15, 0.2) is 16.8 Å². The van der Waals surface area contributed by atoms with Crippen LogP contribution in [-0.2, 0) is 4.79 Å². The van der Waals surface area contributed by atoms with Crippen LogP contribution in [0.5, 0.6) is 0 Å². The van der Waals surface area contributed by atoms with Crippen molar-refractivity contribution in [3.05, 3.63) is 11.8 Å². The second-order valence-electron chi connectivity index (χ2n) is 3.99. The molecule has 0 radical (unpaired) electrons. The van der Waals surface area contributed by atoms with Crippen molar-refractivity contribution >= 4 is 11.5 Å². The maximum absolute atomic E-state index is 11.7. The quantitative estimate of drug-likeness (QED) is 0.547. The third kappa shape index (κ3) is 2.22. The molecule has 0 amide bonds. The van der Waals surface area contributed by atoms with E-state index in [1.54, 1.807) is 13.1 Å². The number of ketones is 1. The summed E-state index contributed by atoms with van der Waals surface area (Å²) in [5, 5.41) is 0. The van der Waals surface area contributed by atoms with E-state index in [1.165, 1.54) is 0 Å². The van der Waals surface area contributed by atoms with Gasteiger partial charge in [-0.25, -0.2) is 0 Å². The van der Waals surface area contributed by atoms with Crippen LogP contribution in [0.25, 0.3) is 0 Å². The number of Topliss-reactive ketones (excluding diaryl/α,β-unsaturated/α-hetero) is 1. The Morgan fingerprint density at radius 3 is 2.50 bits per heavy atom. The van der Waals surface area contributed by atoms with Gasteiger partial charge in [-0.1, -0.05) is 6.92 Å². The number of carbonyl (C=O) groups excluding carboxylic acids is 1. The Labute approximate surface area is 85.1 Å². The minimum absolute atomic E-state index is 0.0896. The number of nitrogens with zero attached hydrogens (tertiary/aromatic N) is 1. The van der Waals surface area contributed by atoms with Crippen molar-refractivity contribution in [2.45, 2.75) is 26.7 Å². The molecule has 2 atom stereocenters. The fraction of sp³-hybridized carbons (Fsp3) is 0.636. The lowest BCUT2D eigenvalue weighted by atomic mass is 9.72. The van der Waals surface area contributed by atoms with Crippen molar-refractivity contribution in [2.75, 3.05) is 7.05 Å². The van der Waals surface area contributed by atoms with Crippen molar-refractivity contribution < 1.29 is 4.79 Å². The van der Waals surface area contributed by atoms with Gasteiger partial charge in [0.1, 0.15) is 0 Å². The first-order chi connectivity index (χ1) is 6.56. The van der Waals surface area contributed by atoms with Crippen LogP contribution in [0.2, 0.25) is 0 Å². The van der Waals surface area contributed by atoms with Crippen LogP contribution >= 0.6 is 0 Å². The zero-order valence-electron chi connectivity index (χ0n) is 9.08. The monoisotopic (exact) mass is 194 g/mol. The number of hydrogen-bond donors (Lipinski definition) is 1. The van der Waals surface area contributed by atoms with E-state index in [9.17, 15) is 4.79 Å². The Kier molecular flexibility index (Phi) is 3.44. The molecule has 14 heavy (non-hydrogen) atoms. The Bertz CT molecular complexity index is 292. The molecule has 2 N–H and O–H groups in total. The third-order valence-corrected chi connectivity index (χ3v) is 2.96. The minimum Gasteiger partial charge on any atom is -0.396 e. The fourth-order valence-corrected chi connectivity index (χ4v) is 1.63. The molecule has 1 aliphatic carbocycles. The van der Waals surface area contributed by atoms with Gasteiger partial charge in [0.2, 0.25) is 0 Å². The van der Waals surface area contributed by atoms with Gasteiger partial charge in [-0.15, -0.1) is 0 Å². The molecule has 0 bridgehead atoms. The summed E-state index contributed by atoms with van der Waals surface area (Å²) in [6.45, 7) is 3.93. The zero-order chi connectivity index (χ0) is 10.7. The normalized spacial score (nSPS) is 28.5. The van der Waals surface area contributed by atoms with Crippen molar-refractivity contribution in [3.8, 4) is 0 Å². The SMILES string of the molecule is CN=C(C)C=C(N)C(=O)[C@@H]1CC[C@@H]1C. The molecule has 0 aromatic carbocycles. The van der Waals surface area contributed by atoms with E-state index < -0.39 is 0 Å². The van der Waals surface area contributed by atoms with E-state index in [4.69, 9.17) is 5.73 Å². The van der Waals surface area contributed by atoms with Gasteiger partial charge in [-0.05, 0) is 31.8 Å². The molecule has 0 unspecified atom stereocenters. The lowest BCUT2D eigenvalue weighted by Gasteiger charge is -2.32. The van der Waals surface area contributed by atoms with Crippen molar-refractivity contribution in [2.24, 2.45) is 22.6 Å². The summed E-state index contributed by atoms with van der Waals surface area (Å²) >= 11 is 0. The molecule has 78 valence electrons. The second kappa shape index (κ2) is 4.40. The summed E-state index contributed by atoms with van der Waals surface area (Å²) < 4.78 is 0. The molecule has 0 spiro atoms. The van der Waals surface area contributed by atoms with Gasteiger partial charge in [0.25, 0.3) is 0 Å². The van der Waals surface area contributed by atoms with Gasteiger partial charge in [-0.2, -0.15) is 0 Å². The van der Waals surface area contributed by atoms with E-state index in [0.717, 1.165) is 18.6 Å². The van der Waals surface area contributed by atoms with E-state index >= 15 is 0 Å². The van der Waals surface area contributed by atoms with Gasteiger partial charge < -0.3 is 5.73 Å². The second-order valence-corrected chi connectivity index (χ2v) is 3.99. The van der Waals surface area contributed by atoms with Gasteiger partial charge in [0, 0.05) is 18.7 Å². The van der Waals surface area contributed by atoms with Crippen LogP contribution in [-0.4, -0.2) is 18.5 Å². The highest BCUT2D eigenvalue weighted by Crippen LogP contribution is 2.35. The molecule has 1 fully saturated rings. The van der Waals surface area contributed by atoms with Gasteiger partial charge in [0.15, 0.2) is 5.78 Å². The molecule has 1 rings (SSSR count). The van der Waals surface area contributed by atoms with E-state index in [2.05, 4.69) is 11.9 Å². The molecule has 3 heteroatoms. The van der Waals surface area contributed by atoms with E-state index in [1.807, 2.05) is 6.92 Å². The summed E-state index contributed by atoms with van der Waals surface area (Å²) in [6.07, 6.45) is 3.79. The average molecular weight is 194 g/mol. The van der Waals surface area contributed by atoms with Crippen LogP contribution in [0, 0.1) is 11.8 Å². The van der Waals surface area contributed by atoms with Crippen molar-refractivity contribution in [1.29, 1.82) is 0 Å². The topological polar surface area (TPSA) is 55.4 Å². The summed E-state index contributed by atoms with van der Waals surface area (Å²) in [6, 6.07) is 0. The lowest BCUT2D eigenvalue weighted by Crippen LogP contribution is -2.34. The first kappa shape index (κ1) is 11.0. The van der Waals surface area contributed by atoms with Gasteiger partial charge in [-0.3, -0.25) is 9.79 Å². The summed E-state index contributed by atoms with van der Waals surface area (Å²) in [4.78, 5) is 15.7. The molecular weight excluding hydrogens is 176 g/mol. The maximum Gasteiger partial charge on any atom is 0.181 e. The highest BCUT2D eigenvalue weighted by atomic mass is 16.1. The predicted octanol–water partition coefficient (Wildman–Crippen LogP) is 1.53. The highest BCUT2D eigenvalue weighted by Gasteiger charge is 2.33. The highest BCUT2D eigenvalue weighted by molar-refractivity contribution is 6.04. The first-order valence-electron chi connectivity index (χ1n) is 5.01. The Balaban J connectivity index is 2.65. The largest absolute Gasteiger partial charge is 0.396 e. The summed E-state index contributed by atoms with van der Waals surface area (Å²) in [7, 11) is 1.69. The molecule has 0 aromatic rings. The number of aliphatic imine (C=N–C) groups is 1. The summed E-state index contributed by atoms with van der Waals surface area (Å²) in [5.74, 6) is 0.732. The standard InChI is InChI=1S/C11H18N2O/c1-7-4-5-9(7)11(14)10(12)6-8(2)13-3/h6-7,9H,4-5,12H2,1-3H3/t7-,9+/m0/s1. The van der Waals surface area contributed by atoms with E-state index in [0.29, 0.717) is 11.6 Å². The Morgan fingerprint density at radius 1 is 1.50 bits per heavy atom. The van der Waals surface area contributed by atoms with Gasteiger partial charge in [0.05, 0.1) is 5.70 Å². The Hall–Kier alpha value is -1.12. The van der Waals surface area contributed by atoms with Crippen molar-refractivity contribution in [3.63, 3.8) is 0 Å².